The fourth-order valence-corrected chi connectivity index (χ4v) is 2.42. The first kappa shape index (κ1) is 14.5. The average Bonchev–Trinajstić information content (AvgIpc) is 2.84. The van der Waals surface area contributed by atoms with Crippen LogP contribution in [0.1, 0.15) is 18.0 Å². The quantitative estimate of drug-likeness (QED) is 0.904. The maximum atomic E-state index is 6.23. The van der Waals surface area contributed by atoms with Crippen molar-refractivity contribution in [2.24, 2.45) is 4.99 Å². The van der Waals surface area contributed by atoms with Gasteiger partial charge in [0.15, 0.2) is 0 Å². The van der Waals surface area contributed by atoms with Gasteiger partial charge in [0.2, 0.25) is 0 Å². The number of benzene rings is 1. The molecular formula is C13H13Cl3N2O. The minimum Gasteiger partial charge on any atom is -0.463 e. The highest BCUT2D eigenvalue weighted by molar-refractivity contribution is 6.42. The standard InChI is InChI=1S/C13H13Cl3N2O/c1-8(14)7-11(18-13-17-5-6-19-13)9-3-2-4-10(15)12(9)16/h2-4,11H,1,5-7H2,(H,17,18). The Morgan fingerprint density at radius 1 is 1.47 bits per heavy atom. The molecule has 1 N–H and O–H groups in total. The number of nitrogens with one attached hydrogen (secondary N) is 1. The van der Waals surface area contributed by atoms with Gasteiger partial charge in [-0.1, -0.05) is 53.5 Å². The molecule has 2 rings (SSSR count). The second-order valence-electron chi connectivity index (χ2n) is 4.10. The molecule has 1 aliphatic heterocycles. The number of nitrogens with zero attached hydrogens (tertiary/aromatic N) is 1. The van der Waals surface area contributed by atoms with Crippen LogP contribution in [0, 0.1) is 0 Å². The van der Waals surface area contributed by atoms with Crippen LogP contribution in [0.3, 0.4) is 0 Å². The molecule has 0 bridgehead atoms. The molecule has 1 aromatic carbocycles. The van der Waals surface area contributed by atoms with E-state index in [1.165, 1.54) is 0 Å². The van der Waals surface area contributed by atoms with E-state index in [0.29, 0.717) is 40.7 Å². The Labute approximate surface area is 127 Å². The normalized spacial score (nSPS) is 15.6. The van der Waals surface area contributed by atoms with Crippen molar-refractivity contribution in [1.29, 1.82) is 0 Å². The summed E-state index contributed by atoms with van der Waals surface area (Å²) in [6, 6.07) is 5.80. The summed E-state index contributed by atoms with van der Waals surface area (Å²) in [5, 5.41) is 4.69. The Bertz CT molecular complexity index is 517. The predicted octanol–water partition coefficient (Wildman–Crippen LogP) is 4.15. The highest BCUT2D eigenvalue weighted by atomic mass is 35.5. The minimum absolute atomic E-state index is 0.173. The summed E-state index contributed by atoms with van der Waals surface area (Å²) >= 11 is 18.2. The maximum absolute atomic E-state index is 6.23. The zero-order valence-corrected chi connectivity index (χ0v) is 12.4. The molecule has 19 heavy (non-hydrogen) atoms. The molecule has 0 saturated carbocycles. The molecule has 6 heteroatoms. The van der Waals surface area contributed by atoms with E-state index in [-0.39, 0.29) is 6.04 Å². The third kappa shape index (κ3) is 3.78. The van der Waals surface area contributed by atoms with Gasteiger partial charge >= 0.3 is 0 Å². The van der Waals surface area contributed by atoms with Gasteiger partial charge in [0.25, 0.3) is 6.02 Å². The number of hydrogen-bond donors (Lipinski definition) is 1. The number of hydrogen-bond acceptors (Lipinski definition) is 3. The molecule has 1 aromatic rings. The van der Waals surface area contributed by atoms with Gasteiger partial charge in [-0.15, -0.1) is 0 Å². The molecule has 0 spiro atoms. The zero-order chi connectivity index (χ0) is 13.8. The van der Waals surface area contributed by atoms with Crippen LogP contribution in [0.2, 0.25) is 10.0 Å². The van der Waals surface area contributed by atoms with Crippen molar-refractivity contribution >= 4 is 40.8 Å². The first-order valence-electron chi connectivity index (χ1n) is 5.79. The Balaban J connectivity index is 2.25. The minimum atomic E-state index is -0.173. The van der Waals surface area contributed by atoms with Gasteiger partial charge in [-0.05, 0) is 11.6 Å². The highest BCUT2D eigenvalue weighted by Crippen LogP contribution is 2.33. The molecule has 1 unspecified atom stereocenters. The van der Waals surface area contributed by atoms with Crippen molar-refractivity contribution in [3.63, 3.8) is 0 Å². The number of aliphatic imine (C=N–C) groups is 1. The summed E-state index contributed by atoms with van der Waals surface area (Å²) in [6.45, 7) is 4.95. The van der Waals surface area contributed by atoms with Gasteiger partial charge in [0.1, 0.15) is 6.61 Å². The van der Waals surface area contributed by atoms with Crippen molar-refractivity contribution in [2.45, 2.75) is 12.5 Å². The molecule has 0 amide bonds. The molecule has 0 fully saturated rings. The molecule has 1 heterocycles. The summed E-state index contributed by atoms with van der Waals surface area (Å²) in [5.74, 6) is 0. The fourth-order valence-electron chi connectivity index (χ4n) is 1.82. The lowest BCUT2D eigenvalue weighted by molar-refractivity contribution is 0.325. The molecule has 1 aliphatic rings. The van der Waals surface area contributed by atoms with E-state index in [4.69, 9.17) is 39.5 Å². The molecule has 3 nitrogen and oxygen atoms in total. The monoisotopic (exact) mass is 318 g/mol. The van der Waals surface area contributed by atoms with Crippen LogP contribution in [-0.4, -0.2) is 19.2 Å². The summed E-state index contributed by atoms with van der Waals surface area (Å²) in [4.78, 5) is 4.19. The lowest BCUT2D eigenvalue weighted by Gasteiger charge is -2.20. The lowest BCUT2D eigenvalue weighted by atomic mass is 10.0. The van der Waals surface area contributed by atoms with Gasteiger partial charge < -0.3 is 10.1 Å². The summed E-state index contributed by atoms with van der Waals surface area (Å²) in [6.07, 6.45) is 0.504. The smallest absolute Gasteiger partial charge is 0.285 e. The second kappa shape index (κ2) is 6.51. The van der Waals surface area contributed by atoms with Gasteiger partial charge in [0.05, 0.1) is 22.6 Å². The van der Waals surface area contributed by atoms with Crippen LogP contribution in [0.15, 0.2) is 34.8 Å². The van der Waals surface area contributed by atoms with Crippen LogP contribution in [0.25, 0.3) is 0 Å². The van der Waals surface area contributed by atoms with E-state index in [1.807, 2.05) is 12.1 Å². The predicted molar refractivity (Wildman–Crippen MR) is 80.2 cm³/mol. The van der Waals surface area contributed by atoms with Crippen molar-refractivity contribution < 1.29 is 4.74 Å². The first-order chi connectivity index (χ1) is 9.08. The van der Waals surface area contributed by atoms with Gasteiger partial charge in [-0.3, -0.25) is 0 Å². The zero-order valence-electron chi connectivity index (χ0n) is 10.1. The Kier molecular flexibility index (Phi) is 4.97. The number of amidine groups is 1. The average molecular weight is 320 g/mol. The van der Waals surface area contributed by atoms with Crippen molar-refractivity contribution in [2.75, 3.05) is 13.2 Å². The number of ether oxygens (including phenoxy) is 1. The second-order valence-corrected chi connectivity index (χ2v) is 5.42. The van der Waals surface area contributed by atoms with E-state index in [2.05, 4.69) is 16.9 Å². The molecule has 1 atom stereocenters. The lowest BCUT2D eigenvalue weighted by Crippen LogP contribution is -2.29. The van der Waals surface area contributed by atoms with Crippen LogP contribution in [-0.2, 0) is 4.74 Å². The van der Waals surface area contributed by atoms with Gasteiger partial charge in [0, 0.05) is 11.5 Å². The van der Waals surface area contributed by atoms with E-state index < -0.39 is 0 Å². The molecule has 0 aliphatic carbocycles. The van der Waals surface area contributed by atoms with Crippen LogP contribution >= 0.6 is 34.8 Å². The summed E-state index contributed by atoms with van der Waals surface area (Å²) < 4.78 is 5.35. The number of rotatable bonds is 4. The molecule has 0 radical (unpaired) electrons. The van der Waals surface area contributed by atoms with E-state index in [9.17, 15) is 0 Å². The van der Waals surface area contributed by atoms with Crippen LogP contribution < -0.4 is 5.32 Å². The van der Waals surface area contributed by atoms with Crippen LogP contribution in [0.5, 0.6) is 0 Å². The fraction of sp³-hybridized carbons (Fsp3) is 0.308. The van der Waals surface area contributed by atoms with E-state index >= 15 is 0 Å². The summed E-state index contributed by atoms with van der Waals surface area (Å²) in [7, 11) is 0. The van der Waals surface area contributed by atoms with E-state index in [1.54, 1.807) is 6.07 Å². The molecule has 0 saturated heterocycles. The topological polar surface area (TPSA) is 33.6 Å². The Hall–Kier alpha value is -0.900. The Morgan fingerprint density at radius 2 is 2.26 bits per heavy atom. The highest BCUT2D eigenvalue weighted by Gasteiger charge is 2.20. The molecular weight excluding hydrogens is 307 g/mol. The van der Waals surface area contributed by atoms with Gasteiger partial charge in [-0.25, -0.2) is 4.99 Å². The van der Waals surface area contributed by atoms with Crippen molar-refractivity contribution in [3.05, 3.63) is 45.4 Å². The largest absolute Gasteiger partial charge is 0.463 e. The van der Waals surface area contributed by atoms with Gasteiger partial charge in [-0.2, -0.15) is 0 Å². The van der Waals surface area contributed by atoms with Crippen LogP contribution in [0.4, 0.5) is 0 Å². The third-order valence-corrected chi connectivity index (χ3v) is 3.65. The Morgan fingerprint density at radius 3 is 2.89 bits per heavy atom. The van der Waals surface area contributed by atoms with E-state index in [0.717, 1.165) is 5.56 Å². The SMILES string of the molecule is C=C(Cl)CC(NC1=NCCO1)c1cccc(Cl)c1Cl. The van der Waals surface area contributed by atoms with Crippen molar-refractivity contribution in [3.8, 4) is 0 Å². The molecule has 102 valence electrons. The summed E-state index contributed by atoms with van der Waals surface area (Å²) in [5.41, 5.74) is 0.842. The maximum Gasteiger partial charge on any atom is 0.285 e. The van der Waals surface area contributed by atoms with Crippen molar-refractivity contribution in [1.82, 2.24) is 5.32 Å². The third-order valence-electron chi connectivity index (χ3n) is 2.67. The number of halogens is 3. The first-order valence-corrected chi connectivity index (χ1v) is 6.92. The molecule has 0 aromatic heterocycles.